The number of thiophene rings is 1. The summed E-state index contributed by atoms with van der Waals surface area (Å²) in [6.45, 7) is 2.28. The molecule has 0 aliphatic heterocycles. The molecule has 0 saturated carbocycles. The van der Waals surface area contributed by atoms with Crippen LogP contribution in [-0.2, 0) is 6.42 Å². The number of rotatable bonds is 1. The van der Waals surface area contributed by atoms with E-state index in [1.54, 1.807) is 17.7 Å². The fraction of sp³-hybridized carbons (Fsp3) is 0.455. The van der Waals surface area contributed by atoms with Crippen molar-refractivity contribution in [2.24, 2.45) is 5.84 Å². The van der Waals surface area contributed by atoms with E-state index in [2.05, 4.69) is 22.3 Å². The maximum atomic E-state index is 5.52. The van der Waals surface area contributed by atoms with Crippen LogP contribution in [0.15, 0.2) is 6.33 Å². The number of fused-ring (bicyclic) bond motifs is 3. The van der Waals surface area contributed by atoms with E-state index in [0.29, 0.717) is 5.92 Å². The Bertz CT molecular complexity index is 534. The first kappa shape index (κ1) is 9.99. The van der Waals surface area contributed by atoms with Crippen molar-refractivity contribution in [2.75, 3.05) is 5.43 Å². The Morgan fingerprint density at radius 3 is 3.19 bits per heavy atom. The second kappa shape index (κ2) is 3.68. The van der Waals surface area contributed by atoms with E-state index in [1.165, 1.54) is 29.7 Å². The van der Waals surface area contributed by atoms with Crippen molar-refractivity contribution in [3.05, 3.63) is 16.8 Å². The Labute approximate surface area is 97.9 Å². The van der Waals surface area contributed by atoms with Gasteiger partial charge in [0.1, 0.15) is 11.2 Å². The summed E-state index contributed by atoms with van der Waals surface area (Å²) in [6.07, 6.45) is 5.27. The molecule has 0 radical (unpaired) electrons. The molecule has 0 saturated heterocycles. The largest absolute Gasteiger partial charge is 0.308 e. The maximum absolute atomic E-state index is 5.52. The monoisotopic (exact) mass is 234 g/mol. The number of hydrogen-bond donors (Lipinski definition) is 2. The van der Waals surface area contributed by atoms with Gasteiger partial charge in [0.2, 0.25) is 0 Å². The Hall–Kier alpha value is -1.20. The van der Waals surface area contributed by atoms with E-state index in [1.807, 2.05) is 0 Å². The highest BCUT2D eigenvalue weighted by Crippen LogP contribution is 2.43. The van der Waals surface area contributed by atoms with Crippen LogP contribution in [0.1, 0.15) is 36.1 Å². The van der Waals surface area contributed by atoms with Crippen LogP contribution < -0.4 is 11.3 Å². The van der Waals surface area contributed by atoms with Crippen LogP contribution in [0.2, 0.25) is 0 Å². The molecule has 0 spiro atoms. The van der Waals surface area contributed by atoms with Crippen LogP contribution in [0.3, 0.4) is 0 Å². The van der Waals surface area contributed by atoms with E-state index in [9.17, 15) is 0 Å². The van der Waals surface area contributed by atoms with Gasteiger partial charge in [0.05, 0.1) is 5.39 Å². The molecule has 3 N–H and O–H groups in total. The van der Waals surface area contributed by atoms with E-state index >= 15 is 0 Å². The van der Waals surface area contributed by atoms with Gasteiger partial charge in [-0.05, 0) is 30.7 Å². The quantitative estimate of drug-likeness (QED) is 0.587. The topological polar surface area (TPSA) is 63.8 Å². The lowest BCUT2D eigenvalue weighted by Gasteiger charge is -2.19. The molecule has 1 unspecified atom stereocenters. The zero-order valence-electron chi connectivity index (χ0n) is 9.16. The van der Waals surface area contributed by atoms with Crippen LogP contribution >= 0.6 is 11.3 Å². The van der Waals surface area contributed by atoms with Crippen LogP contribution in [0.5, 0.6) is 0 Å². The summed E-state index contributed by atoms with van der Waals surface area (Å²) in [4.78, 5) is 11.1. The van der Waals surface area contributed by atoms with Gasteiger partial charge in [0.25, 0.3) is 0 Å². The number of nitrogens with zero attached hydrogens (tertiary/aromatic N) is 2. The van der Waals surface area contributed by atoms with Gasteiger partial charge >= 0.3 is 0 Å². The number of hydrazine groups is 1. The molecule has 1 atom stereocenters. The number of hydrogen-bond acceptors (Lipinski definition) is 5. The predicted octanol–water partition coefficient (Wildman–Crippen LogP) is 2.42. The first-order valence-electron chi connectivity index (χ1n) is 5.54. The zero-order valence-corrected chi connectivity index (χ0v) is 9.97. The lowest BCUT2D eigenvalue weighted by molar-refractivity contribution is 0.602. The van der Waals surface area contributed by atoms with Crippen molar-refractivity contribution in [3.63, 3.8) is 0 Å². The lowest BCUT2D eigenvalue weighted by Crippen LogP contribution is -2.10. The summed E-state index contributed by atoms with van der Waals surface area (Å²) in [6, 6.07) is 0. The van der Waals surface area contributed by atoms with Gasteiger partial charge in [-0.1, -0.05) is 6.92 Å². The minimum absolute atomic E-state index is 0.593. The smallest absolute Gasteiger partial charge is 0.152 e. The number of anilines is 1. The molecule has 2 aromatic rings. The van der Waals surface area contributed by atoms with E-state index in [-0.39, 0.29) is 0 Å². The molecule has 16 heavy (non-hydrogen) atoms. The molecule has 84 valence electrons. The maximum Gasteiger partial charge on any atom is 0.152 e. The van der Waals surface area contributed by atoms with Gasteiger partial charge < -0.3 is 5.43 Å². The molecular formula is C11H14N4S. The van der Waals surface area contributed by atoms with Crippen molar-refractivity contribution >= 4 is 27.4 Å². The van der Waals surface area contributed by atoms with Gasteiger partial charge in [0.15, 0.2) is 5.82 Å². The minimum Gasteiger partial charge on any atom is -0.308 e. The SMILES string of the molecule is CC1CCCc2sc3ncnc(NN)c3c21. The Kier molecular flexibility index (Phi) is 2.29. The third-order valence-electron chi connectivity index (χ3n) is 3.27. The van der Waals surface area contributed by atoms with E-state index in [4.69, 9.17) is 5.84 Å². The van der Waals surface area contributed by atoms with Crippen LogP contribution in [0.4, 0.5) is 5.82 Å². The number of nitrogen functional groups attached to an aromatic ring is 1. The van der Waals surface area contributed by atoms with Gasteiger partial charge in [-0.2, -0.15) is 0 Å². The second-order valence-electron chi connectivity index (χ2n) is 4.28. The number of aromatic nitrogens is 2. The summed E-state index contributed by atoms with van der Waals surface area (Å²) >= 11 is 1.79. The van der Waals surface area contributed by atoms with Crippen molar-refractivity contribution in [2.45, 2.75) is 32.1 Å². The first-order valence-corrected chi connectivity index (χ1v) is 6.35. The highest BCUT2D eigenvalue weighted by Gasteiger charge is 2.24. The average Bonchev–Trinajstić information content (AvgIpc) is 2.68. The molecule has 0 amide bonds. The van der Waals surface area contributed by atoms with Gasteiger partial charge in [0, 0.05) is 4.88 Å². The Morgan fingerprint density at radius 1 is 1.50 bits per heavy atom. The van der Waals surface area contributed by atoms with Crippen LogP contribution in [0.25, 0.3) is 10.2 Å². The molecule has 3 rings (SSSR count). The van der Waals surface area contributed by atoms with E-state index in [0.717, 1.165) is 16.0 Å². The van der Waals surface area contributed by atoms with E-state index < -0.39 is 0 Å². The molecule has 4 nitrogen and oxygen atoms in total. The van der Waals surface area contributed by atoms with Crippen molar-refractivity contribution in [3.8, 4) is 0 Å². The summed E-state index contributed by atoms with van der Waals surface area (Å²) in [5.41, 5.74) is 4.10. The molecule has 1 aliphatic rings. The van der Waals surface area contributed by atoms with Gasteiger partial charge in [-0.3, -0.25) is 0 Å². The summed E-state index contributed by atoms with van der Waals surface area (Å²) in [7, 11) is 0. The van der Waals surface area contributed by atoms with Gasteiger partial charge in [-0.25, -0.2) is 15.8 Å². The highest BCUT2D eigenvalue weighted by atomic mass is 32.1. The summed E-state index contributed by atoms with van der Waals surface area (Å²) in [5.74, 6) is 6.87. The fourth-order valence-electron chi connectivity index (χ4n) is 2.53. The summed E-state index contributed by atoms with van der Waals surface area (Å²) < 4.78 is 0. The van der Waals surface area contributed by atoms with Crippen molar-refractivity contribution in [1.82, 2.24) is 9.97 Å². The van der Waals surface area contributed by atoms with Crippen LogP contribution in [0, 0.1) is 0 Å². The first-order chi connectivity index (χ1) is 7.81. The molecule has 0 aromatic carbocycles. The standard InChI is InChI=1S/C11H14N4S/c1-6-3-2-4-7-8(6)9-10(15-12)13-5-14-11(9)16-7/h5-6H,2-4,12H2,1H3,(H,13,14,15). The molecule has 2 heterocycles. The Balaban J connectivity index is 2.35. The molecule has 1 aliphatic carbocycles. The molecule has 2 aromatic heterocycles. The number of nitrogens with two attached hydrogens (primary N) is 1. The highest BCUT2D eigenvalue weighted by molar-refractivity contribution is 7.19. The molecule has 0 fully saturated rings. The van der Waals surface area contributed by atoms with Crippen LogP contribution in [-0.4, -0.2) is 9.97 Å². The number of aryl methyl sites for hydroxylation is 1. The molecule has 0 bridgehead atoms. The van der Waals surface area contributed by atoms with Crippen molar-refractivity contribution < 1.29 is 0 Å². The molecular weight excluding hydrogens is 220 g/mol. The lowest BCUT2D eigenvalue weighted by atomic mass is 9.87. The predicted molar refractivity (Wildman–Crippen MR) is 66.6 cm³/mol. The second-order valence-corrected chi connectivity index (χ2v) is 5.36. The minimum atomic E-state index is 0.593. The third kappa shape index (κ3) is 1.32. The average molecular weight is 234 g/mol. The third-order valence-corrected chi connectivity index (χ3v) is 4.45. The fourth-order valence-corrected chi connectivity index (χ4v) is 3.83. The normalized spacial score (nSPS) is 19.8. The van der Waals surface area contributed by atoms with Gasteiger partial charge in [-0.15, -0.1) is 11.3 Å². The zero-order chi connectivity index (χ0) is 11.1. The molecule has 5 heteroatoms. The number of nitrogens with one attached hydrogen (secondary N) is 1. The summed E-state index contributed by atoms with van der Waals surface area (Å²) in [5, 5.41) is 1.14. The van der Waals surface area contributed by atoms with Crippen molar-refractivity contribution in [1.29, 1.82) is 0 Å². The Morgan fingerprint density at radius 2 is 2.38 bits per heavy atom.